The Labute approximate surface area is 147 Å². The molecule has 2 rings (SSSR count). The summed E-state index contributed by atoms with van der Waals surface area (Å²) < 4.78 is 92.6. The standard InChI is InChI=1S/C13H5Br2F7N2/c14-6-3-7(11(16,12(17,18)19)13(20,21)22)10(8(15)4-6)9-5-23-1-2-24-9/h1-5H. The van der Waals surface area contributed by atoms with Gasteiger partial charge in [-0.05, 0) is 12.1 Å². The normalized spacial score (nSPS) is 13.2. The summed E-state index contributed by atoms with van der Waals surface area (Å²) in [5.74, 6) is 0. The first-order valence-electron chi connectivity index (χ1n) is 5.98. The molecule has 11 heteroatoms. The van der Waals surface area contributed by atoms with Crippen LogP contribution < -0.4 is 0 Å². The zero-order valence-corrected chi connectivity index (χ0v) is 14.4. The molecule has 0 spiro atoms. The van der Waals surface area contributed by atoms with E-state index in [2.05, 4.69) is 41.8 Å². The van der Waals surface area contributed by atoms with E-state index in [0.717, 1.165) is 12.4 Å². The van der Waals surface area contributed by atoms with E-state index in [1.54, 1.807) is 0 Å². The maximum atomic E-state index is 14.5. The molecule has 1 aromatic carbocycles. The van der Waals surface area contributed by atoms with Crippen molar-refractivity contribution in [2.24, 2.45) is 0 Å². The molecule has 24 heavy (non-hydrogen) atoms. The summed E-state index contributed by atoms with van der Waals surface area (Å²) in [7, 11) is 0. The van der Waals surface area contributed by atoms with Crippen molar-refractivity contribution in [3.8, 4) is 11.3 Å². The third-order valence-electron chi connectivity index (χ3n) is 3.03. The van der Waals surface area contributed by atoms with Gasteiger partial charge < -0.3 is 0 Å². The van der Waals surface area contributed by atoms with E-state index in [9.17, 15) is 30.7 Å². The predicted molar refractivity (Wildman–Crippen MR) is 77.8 cm³/mol. The van der Waals surface area contributed by atoms with Crippen LogP contribution in [0.15, 0.2) is 39.7 Å². The highest BCUT2D eigenvalue weighted by Crippen LogP contribution is 2.56. The smallest absolute Gasteiger partial charge is 0.261 e. The van der Waals surface area contributed by atoms with Crippen LogP contribution in [0, 0.1) is 0 Å². The molecular weight excluding hydrogens is 477 g/mol. The Balaban J connectivity index is 2.92. The van der Waals surface area contributed by atoms with Crippen molar-refractivity contribution in [1.29, 1.82) is 0 Å². The highest BCUT2D eigenvalue weighted by molar-refractivity contribution is 9.11. The van der Waals surface area contributed by atoms with Gasteiger partial charge in [0.15, 0.2) is 0 Å². The third kappa shape index (κ3) is 3.15. The summed E-state index contributed by atoms with van der Waals surface area (Å²) in [6, 6.07) is 1.61. The minimum absolute atomic E-state index is 0.174. The second-order valence-corrected chi connectivity index (χ2v) is 6.32. The topological polar surface area (TPSA) is 25.8 Å². The van der Waals surface area contributed by atoms with E-state index in [4.69, 9.17) is 0 Å². The van der Waals surface area contributed by atoms with Crippen LogP contribution in [0.4, 0.5) is 30.7 Å². The number of halogens is 9. The number of rotatable bonds is 2. The van der Waals surface area contributed by atoms with Gasteiger partial charge in [0.1, 0.15) is 0 Å². The van der Waals surface area contributed by atoms with Crippen LogP contribution >= 0.6 is 31.9 Å². The lowest BCUT2D eigenvalue weighted by atomic mass is 9.88. The van der Waals surface area contributed by atoms with Crippen LogP contribution in [0.1, 0.15) is 5.56 Å². The fourth-order valence-electron chi connectivity index (χ4n) is 2.00. The van der Waals surface area contributed by atoms with Gasteiger partial charge in [-0.1, -0.05) is 31.9 Å². The van der Waals surface area contributed by atoms with Gasteiger partial charge in [-0.3, -0.25) is 9.97 Å². The Morgan fingerprint density at radius 3 is 1.88 bits per heavy atom. The highest BCUT2D eigenvalue weighted by Gasteiger charge is 2.74. The molecule has 0 radical (unpaired) electrons. The predicted octanol–water partition coefficient (Wildman–Crippen LogP) is 5.96. The molecule has 1 aromatic heterocycles. The van der Waals surface area contributed by atoms with Crippen LogP contribution in [0.5, 0.6) is 0 Å². The Bertz CT molecular complexity index is 730. The molecule has 0 saturated heterocycles. The van der Waals surface area contributed by atoms with Gasteiger partial charge in [0.05, 0.1) is 11.9 Å². The summed E-state index contributed by atoms with van der Waals surface area (Å²) in [6.45, 7) is 0. The Morgan fingerprint density at radius 2 is 1.42 bits per heavy atom. The number of nitrogens with zero attached hydrogens (tertiary/aromatic N) is 2. The minimum atomic E-state index is -6.23. The number of benzene rings is 1. The molecule has 2 aromatic rings. The molecular formula is C13H5Br2F7N2. The van der Waals surface area contributed by atoms with Gasteiger partial charge in [-0.25, -0.2) is 4.39 Å². The first-order chi connectivity index (χ1) is 10.9. The third-order valence-corrected chi connectivity index (χ3v) is 4.11. The van der Waals surface area contributed by atoms with Crippen molar-refractivity contribution < 1.29 is 30.7 Å². The van der Waals surface area contributed by atoms with Gasteiger partial charge in [0.25, 0.3) is 0 Å². The molecule has 0 aliphatic carbocycles. The maximum Gasteiger partial charge on any atom is 0.435 e. The zero-order valence-electron chi connectivity index (χ0n) is 11.2. The lowest BCUT2D eigenvalue weighted by molar-refractivity contribution is -0.348. The van der Waals surface area contributed by atoms with E-state index in [0.29, 0.717) is 6.07 Å². The Morgan fingerprint density at radius 1 is 0.833 bits per heavy atom. The van der Waals surface area contributed by atoms with Gasteiger partial charge in [0.2, 0.25) is 0 Å². The van der Waals surface area contributed by atoms with Crippen molar-refractivity contribution in [3.05, 3.63) is 45.2 Å². The SMILES string of the molecule is FC(F)(F)C(F)(c1cc(Br)cc(Br)c1-c1cnccn1)C(F)(F)F. The molecule has 0 atom stereocenters. The second-order valence-electron chi connectivity index (χ2n) is 4.55. The second kappa shape index (κ2) is 6.25. The van der Waals surface area contributed by atoms with Gasteiger partial charge in [-0.15, -0.1) is 0 Å². The largest absolute Gasteiger partial charge is 0.435 e. The highest BCUT2D eigenvalue weighted by atomic mass is 79.9. The monoisotopic (exact) mass is 480 g/mol. The number of alkyl halides is 7. The van der Waals surface area contributed by atoms with Crippen LogP contribution in [0.2, 0.25) is 0 Å². The fourth-order valence-corrected chi connectivity index (χ4v) is 3.43. The zero-order chi connectivity index (χ0) is 18.3. The molecule has 0 bridgehead atoms. The molecule has 130 valence electrons. The average molecular weight is 482 g/mol. The lowest BCUT2D eigenvalue weighted by Gasteiger charge is -2.32. The van der Waals surface area contributed by atoms with E-state index in [1.165, 1.54) is 12.3 Å². The molecule has 0 amide bonds. The first kappa shape index (κ1) is 19.1. The lowest BCUT2D eigenvalue weighted by Crippen LogP contribution is -2.50. The molecule has 0 unspecified atom stereocenters. The van der Waals surface area contributed by atoms with Crippen LogP contribution in [-0.4, -0.2) is 22.3 Å². The maximum absolute atomic E-state index is 14.5. The number of hydrogen-bond acceptors (Lipinski definition) is 2. The molecule has 0 saturated carbocycles. The number of hydrogen-bond donors (Lipinski definition) is 0. The van der Waals surface area contributed by atoms with Crippen molar-refractivity contribution in [3.63, 3.8) is 0 Å². The van der Waals surface area contributed by atoms with E-state index in [1.807, 2.05) is 0 Å². The Hall–Kier alpha value is -1.23. The molecule has 2 nitrogen and oxygen atoms in total. The first-order valence-corrected chi connectivity index (χ1v) is 7.56. The van der Waals surface area contributed by atoms with E-state index in [-0.39, 0.29) is 14.6 Å². The van der Waals surface area contributed by atoms with Crippen LogP contribution in [0.25, 0.3) is 11.3 Å². The van der Waals surface area contributed by atoms with Gasteiger partial charge in [0, 0.05) is 32.5 Å². The molecule has 1 heterocycles. The summed E-state index contributed by atoms with van der Waals surface area (Å²) in [6.07, 6.45) is -9.30. The average Bonchev–Trinajstić information content (AvgIpc) is 2.44. The van der Waals surface area contributed by atoms with Crippen molar-refractivity contribution >= 4 is 31.9 Å². The van der Waals surface area contributed by atoms with Gasteiger partial charge >= 0.3 is 18.0 Å². The summed E-state index contributed by atoms with van der Waals surface area (Å²) >= 11 is 5.64. The number of aromatic nitrogens is 2. The molecule has 0 fully saturated rings. The molecule has 0 aliphatic rings. The van der Waals surface area contributed by atoms with E-state index < -0.39 is 29.1 Å². The van der Waals surface area contributed by atoms with Crippen molar-refractivity contribution in [1.82, 2.24) is 9.97 Å². The van der Waals surface area contributed by atoms with Crippen LogP contribution in [0.3, 0.4) is 0 Å². The van der Waals surface area contributed by atoms with E-state index >= 15 is 0 Å². The summed E-state index contributed by atoms with van der Waals surface area (Å²) in [4.78, 5) is 7.26. The minimum Gasteiger partial charge on any atom is -0.261 e. The quantitative estimate of drug-likeness (QED) is 0.495. The fraction of sp³-hybridized carbons (Fsp3) is 0.231. The van der Waals surface area contributed by atoms with Crippen molar-refractivity contribution in [2.45, 2.75) is 18.0 Å². The summed E-state index contributed by atoms with van der Waals surface area (Å²) in [5.41, 5.74) is -8.26. The van der Waals surface area contributed by atoms with Gasteiger partial charge in [-0.2, -0.15) is 26.3 Å². The molecule has 0 aliphatic heterocycles. The van der Waals surface area contributed by atoms with Crippen LogP contribution in [-0.2, 0) is 5.67 Å². The molecule has 0 N–H and O–H groups in total. The van der Waals surface area contributed by atoms with Crippen molar-refractivity contribution in [2.75, 3.05) is 0 Å². The Kier molecular flexibility index (Phi) is 4.97. The summed E-state index contributed by atoms with van der Waals surface area (Å²) in [5, 5.41) is 0.